The number of nitrogens with one attached hydrogen (secondary N) is 1. The van der Waals surface area contributed by atoms with Crippen molar-refractivity contribution in [1.29, 1.82) is 0 Å². The lowest BCUT2D eigenvalue weighted by molar-refractivity contribution is -0.865. The summed E-state index contributed by atoms with van der Waals surface area (Å²) < 4.78 is 0.619. The molecule has 1 aliphatic heterocycles. The quantitative estimate of drug-likeness (QED) is 0.231. The molecule has 8 atom stereocenters. The van der Waals surface area contributed by atoms with Gasteiger partial charge in [0.2, 0.25) is 0 Å². The molecule has 0 aromatic heterocycles. The van der Waals surface area contributed by atoms with Gasteiger partial charge in [-0.25, -0.2) is 9.39 Å². The highest BCUT2D eigenvalue weighted by molar-refractivity contribution is 5.63. The molecule has 3 unspecified atom stereocenters. The first-order valence-electron chi connectivity index (χ1n) is 14.7. The van der Waals surface area contributed by atoms with Crippen LogP contribution in [-0.4, -0.2) is 34.9 Å². The maximum Gasteiger partial charge on any atom is 0.449 e. The smallest absolute Gasteiger partial charge is 0.449 e. The van der Waals surface area contributed by atoms with Gasteiger partial charge < -0.3 is 5.11 Å². The van der Waals surface area contributed by atoms with Gasteiger partial charge >= 0.3 is 6.09 Å². The molecule has 2 N–H and O–H groups in total. The zero-order valence-electron chi connectivity index (χ0n) is 22.6. The Morgan fingerprint density at radius 2 is 1.85 bits per heavy atom. The average Bonchev–Trinajstić information content (AvgIpc) is 3.44. The molecule has 34 heavy (non-hydrogen) atoms. The van der Waals surface area contributed by atoms with Crippen molar-refractivity contribution in [3.8, 4) is 0 Å². The molecule has 4 aliphatic carbocycles. The molecular formula is C30H51N2O2+. The van der Waals surface area contributed by atoms with Gasteiger partial charge in [0.25, 0.3) is 0 Å². The van der Waals surface area contributed by atoms with Crippen LogP contribution in [0.5, 0.6) is 0 Å². The maximum atomic E-state index is 11.4. The molecule has 0 radical (unpaired) electrons. The van der Waals surface area contributed by atoms with E-state index in [-0.39, 0.29) is 0 Å². The van der Waals surface area contributed by atoms with E-state index in [1.807, 2.05) is 0 Å². The lowest BCUT2D eigenvalue weighted by Gasteiger charge is -2.58. The summed E-state index contributed by atoms with van der Waals surface area (Å²) in [7, 11) is 0. The van der Waals surface area contributed by atoms with Crippen molar-refractivity contribution in [2.45, 2.75) is 111 Å². The van der Waals surface area contributed by atoms with Gasteiger partial charge in [0, 0.05) is 12.8 Å². The zero-order chi connectivity index (χ0) is 24.3. The number of carboxylic acid groups (broad SMARTS) is 1. The molecular weight excluding hydrogens is 420 g/mol. The number of nitrogens with zero attached hydrogens (tertiary/aromatic N) is 1. The first-order chi connectivity index (χ1) is 16.1. The highest BCUT2D eigenvalue weighted by Gasteiger charge is 2.61. The highest BCUT2D eigenvalue weighted by Crippen LogP contribution is 2.67. The van der Waals surface area contributed by atoms with E-state index in [2.05, 4.69) is 46.1 Å². The van der Waals surface area contributed by atoms with Crippen LogP contribution < -0.4 is 5.43 Å². The summed E-state index contributed by atoms with van der Waals surface area (Å²) in [5.41, 5.74) is 5.45. The molecule has 3 saturated carbocycles. The number of hydrogen-bond acceptors (Lipinski definition) is 1. The van der Waals surface area contributed by atoms with Crippen LogP contribution in [-0.2, 0) is 0 Å². The number of quaternary nitrogens is 1. The molecule has 4 fully saturated rings. The van der Waals surface area contributed by atoms with E-state index in [1.54, 1.807) is 5.57 Å². The van der Waals surface area contributed by atoms with Crippen LogP contribution in [0.2, 0.25) is 0 Å². The van der Waals surface area contributed by atoms with Gasteiger partial charge in [-0.15, -0.1) is 0 Å². The first-order valence-corrected chi connectivity index (χ1v) is 14.7. The van der Waals surface area contributed by atoms with Gasteiger partial charge in [-0.1, -0.05) is 65.5 Å². The Morgan fingerprint density at radius 1 is 1.09 bits per heavy atom. The minimum atomic E-state index is -0.857. The van der Waals surface area contributed by atoms with Crippen LogP contribution in [0.1, 0.15) is 105 Å². The van der Waals surface area contributed by atoms with Crippen molar-refractivity contribution in [3.05, 3.63) is 11.6 Å². The second kappa shape index (κ2) is 8.82. The number of allylic oxidation sites excluding steroid dienone is 1. The monoisotopic (exact) mass is 471 g/mol. The largest absolute Gasteiger partial charge is 0.462 e. The van der Waals surface area contributed by atoms with E-state index in [0.717, 1.165) is 55.0 Å². The van der Waals surface area contributed by atoms with Gasteiger partial charge in [-0.3, -0.25) is 0 Å². The molecule has 192 valence electrons. The second-order valence-corrected chi connectivity index (χ2v) is 14.1. The van der Waals surface area contributed by atoms with E-state index < -0.39 is 6.09 Å². The van der Waals surface area contributed by atoms with Crippen molar-refractivity contribution >= 4 is 6.09 Å². The van der Waals surface area contributed by atoms with Gasteiger partial charge in [-0.2, -0.15) is 5.43 Å². The summed E-state index contributed by atoms with van der Waals surface area (Å²) >= 11 is 0. The average molecular weight is 472 g/mol. The third kappa shape index (κ3) is 4.04. The van der Waals surface area contributed by atoms with E-state index >= 15 is 0 Å². The third-order valence-electron chi connectivity index (χ3n) is 12.0. The number of hydrogen-bond donors (Lipinski definition) is 2. The minimum Gasteiger partial charge on any atom is -0.462 e. The zero-order valence-corrected chi connectivity index (χ0v) is 22.6. The van der Waals surface area contributed by atoms with Crippen LogP contribution in [0, 0.1) is 46.3 Å². The predicted molar refractivity (Wildman–Crippen MR) is 138 cm³/mol. The lowest BCUT2D eigenvalue weighted by Crippen LogP contribution is -2.56. The number of carbonyl (C=O) groups is 1. The molecule has 4 nitrogen and oxygen atoms in total. The predicted octanol–water partition coefficient (Wildman–Crippen LogP) is 7.41. The fourth-order valence-electron chi connectivity index (χ4n) is 9.95. The van der Waals surface area contributed by atoms with Crippen LogP contribution in [0.25, 0.3) is 0 Å². The highest BCUT2D eigenvalue weighted by atomic mass is 16.4. The Kier molecular flexibility index (Phi) is 6.39. The summed E-state index contributed by atoms with van der Waals surface area (Å²) in [6, 6.07) is 0.448. The Bertz CT molecular complexity index is 817. The summed E-state index contributed by atoms with van der Waals surface area (Å²) in [5.74, 6) is 5.27. The van der Waals surface area contributed by atoms with Crippen molar-refractivity contribution in [2.75, 3.05) is 13.1 Å². The molecule has 0 aromatic rings. The Balaban J connectivity index is 1.29. The Labute approximate surface area is 208 Å². The molecule has 1 saturated heterocycles. The fraction of sp³-hybridized carbons (Fsp3) is 0.900. The second-order valence-electron chi connectivity index (χ2n) is 14.1. The van der Waals surface area contributed by atoms with Gasteiger partial charge in [-0.05, 0) is 84.9 Å². The SMILES string of the molecule is CC(C)CCC[C@@H](C)[C@H]1CCC2C3CC=C4C[C@@H]([N+]5(NC(=O)O)CC5)CC[C@]4(C)C3CC[C@@]21C. The van der Waals surface area contributed by atoms with Crippen LogP contribution in [0.15, 0.2) is 11.6 Å². The standard InChI is InChI=1S/C30H50N2O2/c1-20(2)7-6-8-21(3)25-11-12-26-24-10-9-22-19-23(32(17-18-32)31-28(33)34)13-15-29(22,4)27(24)14-16-30(25,26)5/h9,20-21,23-27,31H,6-8,10-19H2,1-5H3/p+1/t21-,23+,24?,25-,26?,27?,29+,30-/m1/s1. The first kappa shape index (κ1) is 24.7. The molecule has 4 heteroatoms. The summed E-state index contributed by atoms with van der Waals surface area (Å²) in [6.07, 6.45) is 16.6. The number of rotatable bonds is 7. The molecule has 5 aliphatic rings. The van der Waals surface area contributed by atoms with E-state index in [4.69, 9.17) is 0 Å². The third-order valence-corrected chi connectivity index (χ3v) is 12.0. The van der Waals surface area contributed by atoms with Crippen LogP contribution in [0.3, 0.4) is 0 Å². The minimum absolute atomic E-state index is 0.352. The van der Waals surface area contributed by atoms with Gasteiger partial charge in [0.15, 0.2) is 13.1 Å². The molecule has 0 bridgehead atoms. The summed E-state index contributed by atoms with van der Waals surface area (Å²) in [6.45, 7) is 14.5. The normalized spacial score (nSPS) is 43.4. The van der Waals surface area contributed by atoms with E-state index in [0.29, 0.717) is 21.5 Å². The molecule has 1 amide bonds. The topological polar surface area (TPSA) is 49.3 Å². The van der Waals surface area contributed by atoms with Crippen molar-refractivity contribution in [1.82, 2.24) is 5.43 Å². The number of amides is 1. The van der Waals surface area contributed by atoms with Gasteiger partial charge in [0.05, 0.1) is 0 Å². The van der Waals surface area contributed by atoms with Crippen LogP contribution in [0.4, 0.5) is 4.79 Å². The summed E-state index contributed by atoms with van der Waals surface area (Å²) in [4.78, 5) is 11.4. The fourth-order valence-corrected chi connectivity index (χ4v) is 9.95. The maximum absolute atomic E-state index is 11.4. The molecule has 0 aromatic carbocycles. The Morgan fingerprint density at radius 3 is 2.53 bits per heavy atom. The van der Waals surface area contributed by atoms with Crippen molar-refractivity contribution < 1.29 is 14.5 Å². The number of fused-ring (bicyclic) bond motifs is 5. The molecule has 1 heterocycles. The van der Waals surface area contributed by atoms with Crippen LogP contribution >= 0.6 is 0 Å². The van der Waals surface area contributed by atoms with Gasteiger partial charge in [0.1, 0.15) is 6.04 Å². The van der Waals surface area contributed by atoms with Crippen molar-refractivity contribution in [3.63, 3.8) is 0 Å². The van der Waals surface area contributed by atoms with E-state index in [9.17, 15) is 9.90 Å². The van der Waals surface area contributed by atoms with E-state index in [1.165, 1.54) is 64.2 Å². The van der Waals surface area contributed by atoms with Crippen molar-refractivity contribution in [2.24, 2.45) is 46.3 Å². The molecule has 0 spiro atoms. The summed E-state index contributed by atoms with van der Waals surface area (Å²) in [5, 5.41) is 9.36. The molecule has 5 rings (SSSR count). The Hall–Kier alpha value is -1.03. The lowest BCUT2D eigenvalue weighted by atomic mass is 9.47.